The van der Waals surface area contributed by atoms with E-state index >= 15 is 0 Å². The molecule has 1 N–H and O–H groups in total. The first-order chi connectivity index (χ1) is 10.1. The van der Waals surface area contributed by atoms with Crippen LogP contribution in [0, 0.1) is 0 Å². The van der Waals surface area contributed by atoms with Gasteiger partial charge < -0.3 is 4.98 Å². The van der Waals surface area contributed by atoms with Crippen molar-refractivity contribution in [1.82, 2.24) is 4.98 Å². The van der Waals surface area contributed by atoms with E-state index in [2.05, 4.69) is 4.98 Å². The van der Waals surface area contributed by atoms with Crippen molar-refractivity contribution >= 4 is 11.6 Å². The van der Waals surface area contributed by atoms with Gasteiger partial charge in [-0.1, -0.05) is 30.3 Å². The molecule has 1 heterocycles. The number of pyridine rings is 1. The number of nitrogens with one attached hydrogen (secondary N) is 1. The molecule has 4 heteroatoms. The largest absolute Gasteiger partial charge is 0.325 e. The molecule has 21 heavy (non-hydrogen) atoms. The molecule has 0 spiro atoms. The maximum Gasteiger partial charge on any atom is 0.259 e. The smallest absolute Gasteiger partial charge is 0.259 e. The van der Waals surface area contributed by atoms with Gasteiger partial charge >= 0.3 is 0 Å². The Balaban J connectivity index is 2.04. The second kappa shape index (κ2) is 5.13. The summed E-state index contributed by atoms with van der Waals surface area (Å²) in [5.41, 5.74) is 1.85. The number of H-pyrrole nitrogens is 1. The summed E-state index contributed by atoms with van der Waals surface area (Å²) >= 11 is 0. The average Bonchev–Trinajstić information content (AvgIpc) is 2.47. The quantitative estimate of drug-likeness (QED) is 0.860. The molecule has 1 atom stereocenters. The molecule has 1 aliphatic rings. The monoisotopic (exact) mass is 281 g/mol. The number of carbonyl (C=O) groups excluding carboxylic acids is 2. The average molecular weight is 281 g/mol. The van der Waals surface area contributed by atoms with Gasteiger partial charge in [-0.2, -0.15) is 0 Å². The van der Waals surface area contributed by atoms with Gasteiger partial charge in [-0.25, -0.2) is 0 Å². The molecule has 0 fully saturated rings. The van der Waals surface area contributed by atoms with Crippen LogP contribution in [0.2, 0.25) is 0 Å². The normalized spacial score (nSPS) is 17.4. The lowest BCUT2D eigenvalue weighted by Gasteiger charge is -2.23. The Kier molecular flexibility index (Phi) is 3.29. The number of Topliss-reactive ketones (excluding diaryl/α,β-unsaturated/α-hetero) is 2. The maximum atomic E-state index is 12.3. The van der Waals surface area contributed by atoms with Crippen LogP contribution in [0.25, 0.3) is 0 Å². The highest BCUT2D eigenvalue weighted by atomic mass is 16.1. The highest BCUT2D eigenvalue weighted by Gasteiger charge is 2.28. The third kappa shape index (κ3) is 2.44. The minimum absolute atomic E-state index is 0.0242. The minimum atomic E-state index is -0.414. The zero-order valence-electron chi connectivity index (χ0n) is 11.7. The summed E-state index contributed by atoms with van der Waals surface area (Å²) in [6, 6.07) is 11.2. The number of hydrogen-bond donors (Lipinski definition) is 1. The third-order valence-corrected chi connectivity index (χ3v) is 3.96. The fourth-order valence-corrected chi connectivity index (χ4v) is 2.85. The van der Waals surface area contributed by atoms with E-state index in [1.807, 2.05) is 30.3 Å². The molecule has 1 unspecified atom stereocenters. The van der Waals surface area contributed by atoms with Crippen molar-refractivity contribution in [2.75, 3.05) is 0 Å². The molecule has 0 saturated heterocycles. The van der Waals surface area contributed by atoms with Crippen molar-refractivity contribution in [3.05, 3.63) is 69.1 Å². The Labute approximate surface area is 121 Å². The second-order valence-corrected chi connectivity index (χ2v) is 5.40. The molecule has 0 amide bonds. The number of rotatable bonds is 2. The zero-order valence-corrected chi connectivity index (χ0v) is 11.7. The Bertz CT molecular complexity index is 774. The van der Waals surface area contributed by atoms with Gasteiger partial charge in [0.2, 0.25) is 0 Å². The molecule has 2 aromatic rings. The second-order valence-electron chi connectivity index (χ2n) is 5.40. The molecule has 1 aromatic carbocycles. The number of ketones is 2. The molecule has 3 rings (SSSR count). The van der Waals surface area contributed by atoms with Crippen molar-refractivity contribution in [2.45, 2.75) is 25.7 Å². The summed E-state index contributed by atoms with van der Waals surface area (Å²) in [7, 11) is 0. The van der Waals surface area contributed by atoms with Crippen LogP contribution < -0.4 is 5.56 Å². The predicted molar refractivity (Wildman–Crippen MR) is 78.9 cm³/mol. The molecule has 4 nitrogen and oxygen atoms in total. The summed E-state index contributed by atoms with van der Waals surface area (Å²) in [6.45, 7) is 1.33. The van der Waals surface area contributed by atoms with Gasteiger partial charge in [-0.15, -0.1) is 0 Å². The minimum Gasteiger partial charge on any atom is -0.325 e. The van der Waals surface area contributed by atoms with E-state index in [-0.39, 0.29) is 23.0 Å². The van der Waals surface area contributed by atoms with Crippen molar-refractivity contribution in [3.8, 4) is 0 Å². The van der Waals surface area contributed by atoms with Gasteiger partial charge in [0.15, 0.2) is 11.6 Å². The number of carbonyl (C=O) groups is 2. The van der Waals surface area contributed by atoms with Crippen LogP contribution in [0.1, 0.15) is 51.2 Å². The molecule has 0 radical (unpaired) electrons. The summed E-state index contributed by atoms with van der Waals surface area (Å²) in [5, 5.41) is 0. The van der Waals surface area contributed by atoms with Gasteiger partial charge in [0.1, 0.15) is 0 Å². The first kappa shape index (κ1) is 13.5. The summed E-state index contributed by atoms with van der Waals surface area (Å²) in [5.74, 6) is -0.272. The van der Waals surface area contributed by atoms with Gasteiger partial charge in [0.05, 0.1) is 5.56 Å². The lowest BCUT2D eigenvalue weighted by Crippen LogP contribution is -2.26. The van der Waals surface area contributed by atoms with E-state index in [9.17, 15) is 14.4 Å². The Morgan fingerprint density at radius 3 is 2.52 bits per heavy atom. The van der Waals surface area contributed by atoms with Crippen LogP contribution in [-0.2, 0) is 6.42 Å². The van der Waals surface area contributed by atoms with Crippen molar-refractivity contribution in [2.24, 2.45) is 0 Å². The molecule has 0 saturated carbocycles. The Morgan fingerprint density at radius 2 is 1.86 bits per heavy atom. The van der Waals surface area contributed by atoms with Crippen LogP contribution >= 0.6 is 0 Å². The zero-order chi connectivity index (χ0) is 15.0. The summed E-state index contributed by atoms with van der Waals surface area (Å²) in [4.78, 5) is 38.3. The van der Waals surface area contributed by atoms with Gasteiger partial charge in [-0.3, -0.25) is 14.4 Å². The van der Waals surface area contributed by atoms with Crippen LogP contribution in [0.4, 0.5) is 0 Å². The lowest BCUT2D eigenvalue weighted by atomic mass is 9.81. The van der Waals surface area contributed by atoms with Gasteiger partial charge in [0.25, 0.3) is 5.56 Å². The van der Waals surface area contributed by atoms with Crippen LogP contribution in [0.3, 0.4) is 0 Å². The SMILES string of the molecule is CC(=O)c1cc2c([nH]c1=O)CC(c1ccccc1)CC2=O. The number of aromatic amines is 1. The molecular formula is C17H15NO3. The molecule has 106 valence electrons. The Morgan fingerprint density at radius 1 is 1.14 bits per heavy atom. The van der Waals surface area contributed by atoms with E-state index in [0.717, 1.165) is 5.56 Å². The molecule has 1 aromatic heterocycles. The van der Waals surface area contributed by atoms with Crippen LogP contribution in [0.15, 0.2) is 41.2 Å². The van der Waals surface area contributed by atoms with E-state index in [1.54, 1.807) is 0 Å². The standard InChI is InChI=1S/C17H15NO3/c1-10(19)13-9-14-15(18-17(13)21)7-12(8-16(14)20)11-5-3-2-4-6-11/h2-6,9,12H,7-8H2,1H3,(H,18,21). The lowest BCUT2D eigenvalue weighted by molar-refractivity contribution is 0.0963. The van der Waals surface area contributed by atoms with Crippen molar-refractivity contribution < 1.29 is 9.59 Å². The maximum absolute atomic E-state index is 12.3. The highest BCUT2D eigenvalue weighted by Crippen LogP contribution is 2.31. The molecule has 0 bridgehead atoms. The number of hydrogen-bond acceptors (Lipinski definition) is 3. The summed E-state index contributed by atoms with van der Waals surface area (Å²) in [6.07, 6.45) is 1.01. The van der Waals surface area contributed by atoms with Crippen molar-refractivity contribution in [3.63, 3.8) is 0 Å². The number of fused-ring (bicyclic) bond motifs is 1. The van der Waals surface area contributed by atoms with Crippen LogP contribution in [-0.4, -0.2) is 16.6 Å². The molecular weight excluding hydrogens is 266 g/mol. The van der Waals surface area contributed by atoms with Gasteiger partial charge in [0, 0.05) is 17.7 Å². The van der Waals surface area contributed by atoms with Crippen molar-refractivity contribution in [1.29, 1.82) is 0 Å². The van der Waals surface area contributed by atoms with E-state index < -0.39 is 5.56 Å². The number of benzene rings is 1. The first-order valence-corrected chi connectivity index (χ1v) is 6.91. The van der Waals surface area contributed by atoms with E-state index in [0.29, 0.717) is 24.1 Å². The molecule has 1 aliphatic carbocycles. The summed E-state index contributed by atoms with van der Waals surface area (Å²) < 4.78 is 0. The predicted octanol–water partition coefficient (Wildman–Crippen LogP) is 2.49. The molecule has 0 aliphatic heterocycles. The third-order valence-electron chi connectivity index (χ3n) is 3.96. The highest BCUT2D eigenvalue weighted by molar-refractivity contribution is 6.02. The number of aromatic nitrogens is 1. The first-order valence-electron chi connectivity index (χ1n) is 6.91. The van der Waals surface area contributed by atoms with Crippen LogP contribution in [0.5, 0.6) is 0 Å². The van der Waals surface area contributed by atoms with E-state index in [1.165, 1.54) is 13.0 Å². The topological polar surface area (TPSA) is 67.0 Å². The fraction of sp³-hybridized carbons (Fsp3) is 0.235. The fourth-order valence-electron chi connectivity index (χ4n) is 2.85. The Hall–Kier alpha value is -2.49. The van der Waals surface area contributed by atoms with E-state index in [4.69, 9.17) is 0 Å². The van der Waals surface area contributed by atoms with Gasteiger partial charge in [-0.05, 0) is 30.9 Å².